The molecular weight excluding hydrogens is 200 g/mol. The second kappa shape index (κ2) is 4.75. The van der Waals surface area contributed by atoms with Crippen molar-refractivity contribution in [1.29, 1.82) is 0 Å². The molecule has 0 atom stereocenters. The average Bonchev–Trinajstić information content (AvgIpc) is 2.64. The summed E-state index contributed by atoms with van der Waals surface area (Å²) < 4.78 is 1.92. The molecule has 0 N–H and O–H groups in total. The lowest BCUT2D eigenvalue weighted by Crippen LogP contribution is -2.04. The number of rotatable bonds is 4. The monoisotopic (exact) mass is 214 g/mol. The molecule has 0 unspecified atom stereocenters. The minimum absolute atomic E-state index is 0.445. The van der Waals surface area contributed by atoms with Gasteiger partial charge in [0.15, 0.2) is 0 Å². The number of hydrogen-bond donors (Lipinski definition) is 0. The Morgan fingerprint density at radius 2 is 2.06 bits per heavy atom. The van der Waals surface area contributed by atoms with E-state index in [9.17, 15) is 4.79 Å². The van der Waals surface area contributed by atoms with Crippen LogP contribution in [-0.4, -0.2) is 16.1 Å². The van der Waals surface area contributed by atoms with Gasteiger partial charge in [-0.05, 0) is 12.5 Å². The summed E-state index contributed by atoms with van der Waals surface area (Å²) >= 11 is 0. The maximum Gasteiger partial charge on any atom is 0.124 e. The van der Waals surface area contributed by atoms with E-state index in [-0.39, 0.29) is 0 Å². The first-order valence-corrected chi connectivity index (χ1v) is 5.30. The second-order valence-corrected chi connectivity index (χ2v) is 3.77. The third kappa shape index (κ3) is 2.19. The Balaban J connectivity index is 2.19. The molecule has 2 aromatic rings. The Hall–Kier alpha value is -1.90. The topological polar surface area (TPSA) is 34.9 Å². The number of carbonyl (C=O) groups excluding carboxylic acids is 1. The summed E-state index contributed by atoms with van der Waals surface area (Å²) in [5, 5.41) is 4.29. The van der Waals surface area contributed by atoms with Crippen molar-refractivity contribution in [1.82, 2.24) is 9.78 Å². The fourth-order valence-corrected chi connectivity index (χ4v) is 1.69. The Labute approximate surface area is 94.7 Å². The van der Waals surface area contributed by atoms with E-state index >= 15 is 0 Å². The zero-order chi connectivity index (χ0) is 11.4. The van der Waals surface area contributed by atoms with Crippen molar-refractivity contribution < 1.29 is 4.79 Å². The smallest absolute Gasteiger partial charge is 0.124 e. The summed E-state index contributed by atoms with van der Waals surface area (Å²) in [7, 11) is 0. The second-order valence-electron chi connectivity index (χ2n) is 3.77. The highest BCUT2D eigenvalue weighted by atomic mass is 16.1. The molecule has 16 heavy (non-hydrogen) atoms. The first-order valence-electron chi connectivity index (χ1n) is 5.30. The molecule has 3 heteroatoms. The van der Waals surface area contributed by atoms with Crippen molar-refractivity contribution in [2.75, 3.05) is 0 Å². The molecule has 0 aliphatic rings. The Bertz CT molecular complexity index is 474. The number of carbonyl (C=O) groups is 1. The van der Waals surface area contributed by atoms with Crippen molar-refractivity contribution in [2.45, 2.75) is 19.9 Å². The molecule has 1 aromatic heterocycles. The standard InChI is InChI=1S/C13H14N2O/c1-11-13(7-8-16)9-14-15(11)10-12-5-3-2-4-6-12/h2-6,8-9H,7,10H2,1H3. The number of nitrogens with zero attached hydrogens (tertiary/aromatic N) is 2. The molecule has 0 aliphatic carbocycles. The number of hydrogen-bond acceptors (Lipinski definition) is 2. The maximum absolute atomic E-state index is 10.5. The molecule has 0 bridgehead atoms. The maximum atomic E-state index is 10.5. The van der Waals surface area contributed by atoms with E-state index in [0.29, 0.717) is 6.42 Å². The highest BCUT2D eigenvalue weighted by molar-refractivity contribution is 5.55. The summed E-state index contributed by atoms with van der Waals surface area (Å²) in [5.41, 5.74) is 3.29. The quantitative estimate of drug-likeness (QED) is 0.729. The van der Waals surface area contributed by atoms with Gasteiger partial charge in [0, 0.05) is 17.7 Å². The average molecular weight is 214 g/mol. The van der Waals surface area contributed by atoms with Crippen molar-refractivity contribution in [2.24, 2.45) is 0 Å². The molecule has 2 rings (SSSR count). The lowest BCUT2D eigenvalue weighted by molar-refractivity contribution is -0.107. The molecule has 0 saturated carbocycles. The van der Waals surface area contributed by atoms with Gasteiger partial charge < -0.3 is 4.79 Å². The molecule has 0 aliphatic heterocycles. The van der Waals surface area contributed by atoms with Crippen LogP contribution < -0.4 is 0 Å². The Morgan fingerprint density at radius 1 is 1.31 bits per heavy atom. The van der Waals surface area contributed by atoms with Crippen molar-refractivity contribution >= 4 is 6.29 Å². The molecule has 1 heterocycles. The van der Waals surface area contributed by atoms with Crippen LogP contribution in [0.2, 0.25) is 0 Å². The molecule has 0 spiro atoms. The van der Waals surface area contributed by atoms with Crippen LogP contribution in [0.5, 0.6) is 0 Å². The SMILES string of the molecule is Cc1c(CC=O)cnn1Cc1ccccc1. The lowest BCUT2D eigenvalue weighted by atomic mass is 10.2. The van der Waals surface area contributed by atoms with Crippen molar-refractivity contribution in [3.63, 3.8) is 0 Å². The van der Waals surface area contributed by atoms with Crippen LogP contribution in [-0.2, 0) is 17.8 Å². The van der Waals surface area contributed by atoms with E-state index in [1.54, 1.807) is 6.20 Å². The zero-order valence-electron chi connectivity index (χ0n) is 9.26. The highest BCUT2D eigenvalue weighted by Gasteiger charge is 2.05. The van der Waals surface area contributed by atoms with Crippen LogP contribution in [0, 0.1) is 6.92 Å². The fourth-order valence-electron chi connectivity index (χ4n) is 1.69. The summed E-state index contributed by atoms with van der Waals surface area (Å²) in [6.07, 6.45) is 3.13. The van der Waals surface area contributed by atoms with Crippen LogP contribution in [0.3, 0.4) is 0 Å². The molecular formula is C13H14N2O. The minimum atomic E-state index is 0.445. The predicted molar refractivity (Wildman–Crippen MR) is 62.3 cm³/mol. The minimum Gasteiger partial charge on any atom is -0.303 e. The van der Waals surface area contributed by atoms with Gasteiger partial charge in [-0.3, -0.25) is 4.68 Å². The van der Waals surface area contributed by atoms with Gasteiger partial charge in [0.1, 0.15) is 6.29 Å². The summed E-state index contributed by atoms with van der Waals surface area (Å²) in [4.78, 5) is 10.5. The molecule has 0 fully saturated rings. The third-order valence-electron chi connectivity index (χ3n) is 2.68. The van der Waals surface area contributed by atoms with Gasteiger partial charge in [0.05, 0.1) is 12.7 Å². The van der Waals surface area contributed by atoms with Gasteiger partial charge in [0.25, 0.3) is 0 Å². The molecule has 3 nitrogen and oxygen atoms in total. The number of aromatic nitrogens is 2. The van der Waals surface area contributed by atoms with Crippen LogP contribution in [0.1, 0.15) is 16.8 Å². The van der Waals surface area contributed by atoms with Crippen molar-refractivity contribution in [3.8, 4) is 0 Å². The molecule has 0 radical (unpaired) electrons. The van der Waals surface area contributed by atoms with Gasteiger partial charge in [-0.15, -0.1) is 0 Å². The molecule has 0 amide bonds. The Kier molecular flexibility index (Phi) is 3.15. The summed E-state index contributed by atoms with van der Waals surface area (Å²) in [5.74, 6) is 0. The van der Waals surface area contributed by atoms with Gasteiger partial charge in [0.2, 0.25) is 0 Å². The van der Waals surface area contributed by atoms with Crippen LogP contribution >= 0.6 is 0 Å². The summed E-state index contributed by atoms with van der Waals surface area (Å²) in [6.45, 7) is 2.75. The Morgan fingerprint density at radius 3 is 2.75 bits per heavy atom. The molecule has 1 aromatic carbocycles. The van der Waals surface area contributed by atoms with Gasteiger partial charge in [-0.2, -0.15) is 5.10 Å². The van der Waals surface area contributed by atoms with Gasteiger partial charge in [-0.1, -0.05) is 30.3 Å². The lowest BCUT2D eigenvalue weighted by Gasteiger charge is -2.04. The van der Waals surface area contributed by atoms with Crippen LogP contribution in [0.4, 0.5) is 0 Å². The number of benzene rings is 1. The van der Waals surface area contributed by atoms with Crippen LogP contribution in [0.15, 0.2) is 36.5 Å². The van der Waals surface area contributed by atoms with Crippen molar-refractivity contribution in [3.05, 3.63) is 53.3 Å². The van der Waals surface area contributed by atoms with E-state index < -0.39 is 0 Å². The van der Waals surface area contributed by atoms with Gasteiger partial charge in [-0.25, -0.2) is 0 Å². The normalized spacial score (nSPS) is 10.3. The fraction of sp³-hybridized carbons (Fsp3) is 0.231. The molecule has 0 saturated heterocycles. The number of aldehydes is 1. The van der Waals surface area contributed by atoms with Crippen LogP contribution in [0.25, 0.3) is 0 Å². The van der Waals surface area contributed by atoms with E-state index in [1.165, 1.54) is 5.56 Å². The first-order chi connectivity index (χ1) is 7.81. The largest absolute Gasteiger partial charge is 0.303 e. The van der Waals surface area contributed by atoms with E-state index in [1.807, 2.05) is 29.8 Å². The first kappa shape index (κ1) is 10.6. The van der Waals surface area contributed by atoms with Gasteiger partial charge >= 0.3 is 0 Å². The van der Waals surface area contributed by atoms with E-state index in [2.05, 4.69) is 17.2 Å². The zero-order valence-corrected chi connectivity index (χ0v) is 9.26. The summed E-state index contributed by atoms with van der Waals surface area (Å²) in [6, 6.07) is 10.2. The molecule has 82 valence electrons. The third-order valence-corrected chi connectivity index (χ3v) is 2.68. The van der Waals surface area contributed by atoms with E-state index in [0.717, 1.165) is 24.1 Å². The predicted octanol–water partition coefficient (Wildman–Crippen LogP) is 1.98. The highest BCUT2D eigenvalue weighted by Crippen LogP contribution is 2.09. The van der Waals surface area contributed by atoms with E-state index in [4.69, 9.17) is 0 Å².